The van der Waals surface area contributed by atoms with Gasteiger partial charge in [0.15, 0.2) is 0 Å². The van der Waals surface area contributed by atoms with Crippen molar-refractivity contribution in [3.63, 3.8) is 0 Å². The van der Waals surface area contributed by atoms with Crippen LogP contribution in [0.3, 0.4) is 0 Å². The highest BCUT2D eigenvalue weighted by Gasteiger charge is 2.44. The minimum absolute atomic E-state index is 0.0780. The third-order valence-corrected chi connectivity index (χ3v) is 3.37. The van der Waals surface area contributed by atoms with Crippen molar-refractivity contribution in [1.82, 2.24) is 0 Å². The van der Waals surface area contributed by atoms with Crippen molar-refractivity contribution < 1.29 is 19.1 Å². The Morgan fingerprint density at radius 2 is 1.56 bits per heavy atom. The Hall–Kier alpha value is -1.10. The summed E-state index contributed by atoms with van der Waals surface area (Å²) in [5.74, 6) is -0.681. The van der Waals surface area contributed by atoms with Crippen molar-refractivity contribution in [1.29, 1.82) is 0 Å². The molecule has 0 radical (unpaired) electrons. The van der Waals surface area contributed by atoms with Gasteiger partial charge in [-0.05, 0) is 25.3 Å². The summed E-state index contributed by atoms with van der Waals surface area (Å²) in [6.45, 7) is 9.71. The first kappa shape index (κ1) is 16.9. The highest BCUT2D eigenvalue weighted by atomic mass is 16.6. The Morgan fingerprint density at radius 3 is 1.94 bits per heavy atom. The molecule has 0 aromatic carbocycles. The zero-order chi connectivity index (χ0) is 14.4. The number of hydrogen-bond acceptors (Lipinski definition) is 5. The lowest BCUT2D eigenvalue weighted by molar-refractivity contribution is -0.165. The second kappa shape index (κ2) is 6.73. The Labute approximate surface area is 109 Å². The molecular weight excluding hydrogens is 234 g/mol. The van der Waals surface area contributed by atoms with E-state index in [-0.39, 0.29) is 30.6 Å². The predicted octanol–water partition coefficient (Wildman–Crippen LogP) is 1.49. The average Bonchev–Trinajstić information content (AvgIpc) is 2.22. The lowest BCUT2D eigenvalue weighted by Crippen LogP contribution is -2.43. The minimum atomic E-state index is -0.641. The van der Waals surface area contributed by atoms with E-state index in [9.17, 15) is 9.59 Å². The summed E-state index contributed by atoms with van der Waals surface area (Å²) in [7, 11) is 0. The van der Waals surface area contributed by atoms with Crippen LogP contribution in [0.1, 0.15) is 41.0 Å². The Kier molecular flexibility index (Phi) is 6.32. The molecule has 0 aliphatic heterocycles. The van der Waals surface area contributed by atoms with Gasteiger partial charge < -0.3 is 15.2 Å². The molecule has 0 aliphatic rings. The zero-order valence-electron chi connectivity index (χ0n) is 12.0. The maximum Gasteiger partial charge on any atom is 0.312 e. The fourth-order valence-electron chi connectivity index (χ4n) is 1.55. The Morgan fingerprint density at radius 1 is 1.06 bits per heavy atom. The van der Waals surface area contributed by atoms with E-state index in [0.29, 0.717) is 13.0 Å². The number of carbonyl (C=O) groups is 2. The number of carbonyl (C=O) groups excluding carboxylic acids is 2. The van der Waals surface area contributed by atoms with Crippen molar-refractivity contribution >= 4 is 11.9 Å². The van der Waals surface area contributed by atoms with Crippen molar-refractivity contribution in [2.45, 2.75) is 41.0 Å². The molecule has 5 nitrogen and oxygen atoms in total. The molecule has 2 N–H and O–H groups in total. The molecule has 0 rings (SSSR count). The fraction of sp³-hybridized carbons (Fsp3) is 0.846. The lowest BCUT2D eigenvalue weighted by Gasteiger charge is -2.39. The van der Waals surface area contributed by atoms with E-state index in [2.05, 4.69) is 0 Å². The molecule has 0 spiro atoms. The molecule has 0 heterocycles. The number of esters is 2. The molecule has 1 unspecified atom stereocenters. The molecule has 0 aromatic rings. The molecule has 0 fully saturated rings. The quantitative estimate of drug-likeness (QED) is 0.577. The maximum absolute atomic E-state index is 12.1. The molecule has 0 saturated carbocycles. The molecule has 0 bridgehead atoms. The van der Waals surface area contributed by atoms with E-state index in [1.54, 1.807) is 0 Å². The van der Waals surface area contributed by atoms with Gasteiger partial charge in [0, 0.05) is 6.92 Å². The van der Waals surface area contributed by atoms with Crippen molar-refractivity contribution in [2.24, 2.45) is 16.6 Å². The van der Waals surface area contributed by atoms with Gasteiger partial charge in [-0.2, -0.15) is 0 Å². The summed E-state index contributed by atoms with van der Waals surface area (Å²) in [5.41, 5.74) is 4.68. The van der Waals surface area contributed by atoms with E-state index in [0.717, 1.165) is 0 Å². The Bertz CT molecular complexity index is 296. The third-order valence-electron chi connectivity index (χ3n) is 3.37. The first-order valence-corrected chi connectivity index (χ1v) is 6.16. The van der Waals surface area contributed by atoms with Gasteiger partial charge in [-0.3, -0.25) is 9.59 Å². The van der Waals surface area contributed by atoms with Crippen LogP contribution in [-0.4, -0.2) is 31.7 Å². The van der Waals surface area contributed by atoms with E-state index >= 15 is 0 Å². The molecule has 0 amide bonds. The standard InChI is InChI=1S/C13H25NO4/c1-10(15)17-8-9-18-11(16)13(5,6-7-14)12(2,3)4/h6-9,14H2,1-5H3. The maximum atomic E-state index is 12.1. The van der Waals surface area contributed by atoms with Crippen LogP contribution in [0.5, 0.6) is 0 Å². The van der Waals surface area contributed by atoms with Gasteiger partial charge in [0.1, 0.15) is 13.2 Å². The zero-order valence-corrected chi connectivity index (χ0v) is 12.0. The van der Waals surface area contributed by atoms with Crippen LogP contribution in [0.25, 0.3) is 0 Å². The first-order valence-electron chi connectivity index (χ1n) is 6.16. The highest BCUT2D eigenvalue weighted by molar-refractivity contribution is 5.77. The summed E-state index contributed by atoms with van der Waals surface area (Å²) in [5, 5.41) is 0. The molecule has 5 heteroatoms. The number of nitrogens with two attached hydrogens (primary N) is 1. The van der Waals surface area contributed by atoms with E-state index in [4.69, 9.17) is 15.2 Å². The number of hydrogen-bond donors (Lipinski definition) is 1. The summed E-state index contributed by atoms with van der Waals surface area (Å²) in [6.07, 6.45) is 0.558. The topological polar surface area (TPSA) is 78.6 Å². The van der Waals surface area contributed by atoms with Gasteiger partial charge >= 0.3 is 11.9 Å². The fourth-order valence-corrected chi connectivity index (χ4v) is 1.55. The van der Waals surface area contributed by atoms with E-state index in [1.807, 2.05) is 27.7 Å². The van der Waals surface area contributed by atoms with E-state index < -0.39 is 5.41 Å². The summed E-state index contributed by atoms with van der Waals surface area (Å²) < 4.78 is 9.87. The summed E-state index contributed by atoms with van der Waals surface area (Å²) in [4.78, 5) is 22.7. The first-order chi connectivity index (χ1) is 8.15. The van der Waals surface area contributed by atoms with Crippen LogP contribution < -0.4 is 5.73 Å². The van der Waals surface area contributed by atoms with Gasteiger partial charge in [0.25, 0.3) is 0 Å². The van der Waals surface area contributed by atoms with Gasteiger partial charge in [-0.25, -0.2) is 0 Å². The number of ether oxygens (including phenoxy) is 2. The normalized spacial score (nSPS) is 14.8. The van der Waals surface area contributed by atoms with Gasteiger partial charge in [0.05, 0.1) is 5.41 Å². The SMILES string of the molecule is CC(=O)OCCOC(=O)C(C)(CCN)C(C)(C)C. The molecule has 1 atom stereocenters. The number of rotatable bonds is 6. The smallest absolute Gasteiger partial charge is 0.312 e. The molecule has 0 aliphatic carbocycles. The van der Waals surface area contributed by atoms with Gasteiger partial charge in [-0.15, -0.1) is 0 Å². The lowest BCUT2D eigenvalue weighted by atomic mass is 9.66. The van der Waals surface area contributed by atoms with Crippen LogP contribution in [-0.2, 0) is 19.1 Å². The average molecular weight is 259 g/mol. The molecule has 106 valence electrons. The second-order valence-corrected chi connectivity index (χ2v) is 5.60. The summed E-state index contributed by atoms with van der Waals surface area (Å²) in [6, 6.07) is 0. The van der Waals surface area contributed by atoms with Crippen LogP contribution in [0, 0.1) is 10.8 Å². The third kappa shape index (κ3) is 4.64. The van der Waals surface area contributed by atoms with Crippen molar-refractivity contribution in [3.8, 4) is 0 Å². The van der Waals surface area contributed by atoms with Crippen LogP contribution in [0.4, 0.5) is 0 Å². The second-order valence-electron chi connectivity index (χ2n) is 5.60. The van der Waals surface area contributed by atoms with E-state index in [1.165, 1.54) is 6.92 Å². The predicted molar refractivity (Wildman–Crippen MR) is 68.8 cm³/mol. The van der Waals surface area contributed by atoms with Crippen LogP contribution in [0.15, 0.2) is 0 Å². The highest BCUT2D eigenvalue weighted by Crippen LogP contribution is 2.42. The van der Waals surface area contributed by atoms with Crippen LogP contribution in [0.2, 0.25) is 0 Å². The molecule has 18 heavy (non-hydrogen) atoms. The monoisotopic (exact) mass is 259 g/mol. The molecule has 0 saturated heterocycles. The largest absolute Gasteiger partial charge is 0.462 e. The van der Waals surface area contributed by atoms with Crippen LogP contribution >= 0.6 is 0 Å². The Balaban J connectivity index is 4.46. The molecular formula is C13H25NO4. The molecule has 0 aromatic heterocycles. The van der Waals surface area contributed by atoms with Crippen molar-refractivity contribution in [2.75, 3.05) is 19.8 Å². The summed E-state index contributed by atoms with van der Waals surface area (Å²) >= 11 is 0. The van der Waals surface area contributed by atoms with Crippen molar-refractivity contribution in [3.05, 3.63) is 0 Å². The van der Waals surface area contributed by atoms with Gasteiger partial charge in [-0.1, -0.05) is 20.8 Å². The minimum Gasteiger partial charge on any atom is -0.462 e. The van der Waals surface area contributed by atoms with Gasteiger partial charge in [0.2, 0.25) is 0 Å².